The molecule has 4 nitrogen and oxygen atoms in total. The van der Waals surface area contributed by atoms with Crippen molar-refractivity contribution in [3.63, 3.8) is 0 Å². The van der Waals surface area contributed by atoms with Gasteiger partial charge in [-0.3, -0.25) is 4.79 Å². The number of nitrogen functional groups attached to an aromatic ring is 1. The molecule has 1 aromatic carbocycles. The number of hydrogen-bond acceptors (Lipinski definition) is 4. The van der Waals surface area contributed by atoms with Crippen LogP contribution in [0.5, 0.6) is 0 Å². The molecular formula is C9H7ClN2O2. The predicted molar refractivity (Wildman–Crippen MR) is 53.5 cm³/mol. The number of ketones is 1. The van der Waals surface area contributed by atoms with E-state index < -0.39 is 0 Å². The summed E-state index contributed by atoms with van der Waals surface area (Å²) >= 11 is 5.45. The fourth-order valence-corrected chi connectivity index (χ4v) is 1.41. The van der Waals surface area contributed by atoms with Crippen LogP contribution in [-0.4, -0.2) is 16.6 Å². The first-order chi connectivity index (χ1) is 6.72. The number of benzene rings is 1. The van der Waals surface area contributed by atoms with E-state index in [4.69, 9.17) is 21.8 Å². The van der Waals surface area contributed by atoms with Gasteiger partial charge in [-0.2, -0.15) is 4.98 Å². The lowest BCUT2D eigenvalue weighted by atomic mass is 10.1. The molecule has 1 heterocycles. The number of carbonyl (C=O) groups is 1. The van der Waals surface area contributed by atoms with E-state index in [0.29, 0.717) is 16.7 Å². The zero-order valence-corrected chi connectivity index (χ0v) is 7.91. The molecule has 1 aromatic heterocycles. The van der Waals surface area contributed by atoms with Crippen molar-refractivity contribution in [2.75, 3.05) is 11.6 Å². The topological polar surface area (TPSA) is 69.1 Å². The van der Waals surface area contributed by atoms with Gasteiger partial charge in [0.05, 0.1) is 5.88 Å². The summed E-state index contributed by atoms with van der Waals surface area (Å²) in [6, 6.07) is 5.10. The van der Waals surface area contributed by atoms with Crippen LogP contribution >= 0.6 is 11.6 Å². The fraction of sp³-hybridized carbons (Fsp3) is 0.111. The number of carbonyl (C=O) groups excluding carboxylic acids is 1. The number of para-hydroxylation sites is 1. The quantitative estimate of drug-likeness (QED) is 0.607. The van der Waals surface area contributed by atoms with Crippen LogP contribution in [0, 0.1) is 0 Å². The van der Waals surface area contributed by atoms with Gasteiger partial charge in [-0.05, 0) is 12.1 Å². The third-order valence-electron chi connectivity index (χ3n) is 1.86. The van der Waals surface area contributed by atoms with Crippen LogP contribution in [0.25, 0.3) is 11.1 Å². The van der Waals surface area contributed by atoms with Gasteiger partial charge in [0.25, 0.3) is 6.01 Å². The standard InChI is InChI=1S/C9H7ClN2O2/c10-4-6(13)5-2-1-3-7-8(5)12-9(11)14-7/h1-3H,4H2,(H2,11,12). The first-order valence-corrected chi connectivity index (χ1v) is 4.50. The van der Waals surface area contributed by atoms with Gasteiger partial charge in [-0.1, -0.05) is 6.07 Å². The Morgan fingerprint density at radius 3 is 3.07 bits per heavy atom. The highest BCUT2D eigenvalue weighted by Crippen LogP contribution is 2.21. The Morgan fingerprint density at radius 2 is 2.36 bits per heavy atom. The molecule has 0 saturated heterocycles. The van der Waals surface area contributed by atoms with E-state index in [1.165, 1.54) is 0 Å². The lowest BCUT2D eigenvalue weighted by Gasteiger charge is -1.95. The Balaban J connectivity index is 2.70. The minimum Gasteiger partial charge on any atom is -0.424 e. The minimum absolute atomic E-state index is 0.0508. The number of rotatable bonds is 2. The average Bonchev–Trinajstić information content (AvgIpc) is 2.56. The van der Waals surface area contributed by atoms with Crippen LogP contribution in [0.2, 0.25) is 0 Å². The summed E-state index contributed by atoms with van der Waals surface area (Å²) in [7, 11) is 0. The van der Waals surface area contributed by atoms with Crippen molar-refractivity contribution in [3.8, 4) is 0 Å². The number of nitrogens with zero attached hydrogens (tertiary/aromatic N) is 1. The SMILES string of the molecule is Nc1nc2c(C(=O)CCl)cccc2o1. The van der Waals surface area contributed by atoms with Crippen molar-refractivity contribution in [2.45, 2.75) is 0 Å². The number of nitrogens with two attached hydrogens (primary N) is 1. The van der Waals surface area contributed by atoms with E-state index in [-0.39, 0.29) is 17.7 Å². The second kappa shape index (κ2) is 3.31. The fourth-order valence-electron chi connectivity index (χ4n) is 1.26. The van der Waals surface area contributed by atoms with Crippen LogP contribution in [0.1, 0.15) is 10.4 Å². The monoisotopic (exact) mass is 210 g/mol. The Bertz CT molecular complexity index is 493. The molecule has 2 N–H and O–H groups in total. The van der Waals surface area contributed by atoms with Crippen molar-refractivity contribution >= 4 is 34.5 Å². The van der Waals surface area contributed by atoms with E-state index >= 15 is 0 Å². The molecule has 0 spiro atoms. The molecule has 0 aliphatic heterocycles. The van der Waals surface area contributed by atoms with Gasteiger partial charge in [0, 0.05) is 5.56 Å². The number of fused-ring (bicyclic) bond motifs is 1. The number of oxazole rings is 1. The molecule has 14 heavy (non-hydrogen) atoms. The summed E-state index contributed by atoms with van der Waals surface area (Å²) in [6.07, 6.45) is 0. The lowest BCUT2D eigenvalue weighted by molar-refractivity contribution is 0.102. The molecule has 0 fully saturated rings. The first kappa shape index (κ1) is 9.02. The molecule has 0 unspecified atom stereocenters. The Hall–Kier alpha value is -1.55. The Kier molecular flexibility index (Phi) is 2.13. The van der Waals surface area contributed by atoms with E-state index in [1.54, 1.807) is 18.2 Å². The summed E-state index contributed by atoms with van der Waals surface area (Å²) in [5.41, 5.74) is 6.79. The molecule has 0 bridgehead atoms. The maximum absolute atomic E-state index is 11.4. The molecule has 0 radical (unpaired) electrons. The predicted octanol–water partition coefficient (Wildman–Crippen LogP) is 1.83. The summed E-state index contributed by atoms with van der Waals surface area (Å²) in [5, 5.41) is 0. The molecule has 0 amide bonds. The zero-order chi connectivity index (χ0) is 10.1. The van der Waals surface area contributed by atoms with Crippen LogP contribution < -0.4 is 5.73 Å². The van der Waals surface area contributed by atoms with Crippen LogP contribution in [0.4, 0.5) is 6.01 Å². The van der Waals surface area contributed by atoms with Gasteiger partial charge in [-0.15, -0.1) is 11.6 Å². The summed E-state index contributed by atoms with van der Waals surface area (Å²) < 4.78 is 5.07. The smallest absolute Gasteiger partial charge is 0.293 e. The highest BCUT2D eigenvalue weighted by molar-refractivity contribution is 6.31. The number of Topliss-reactive ketones (excluding diaryl/α,β-unsaturated/α-hetero) is 1. The maximum atomic E-state index is 11.4. The van der Waals surface area contributed by atoms with Gasteiger partial charge in [-0.25, -0.2) is 0 Å². The van der Waals surface area contributed by atoms with Crippen molar-refractivity contribution in [1.82, 2.24) is 4.98 Å². The summed E-state index contributed by atoms with van der Waals surface area (Å²) in [6.45, 7) is 0. The highest BCUT2D eigenvalue weighted by atomic mass is 35.5. The van der Waals surface area contributed by atoms with Crippen molar-refractivity contribution < 1.29 is 9.21 Å². The van der Waals surface area contributed by atoms with Crippen LogP contribution in [0.3, 0.4) is 0 Å². The molecule has 5 heteroatoms. The first-order valence-electron chi connectivity index (χ1n) is 3.96. The van der Waals surface area contributed by atoms with E-state index in [0.717, 1.165) is 0 Å². The highest BCUT2D eigenvalue weighted by Gasteiger charge is 2.12. The van der Waals surface area contributed by atoms with Crippen molar-refractivity contribution in [2.24, 2.45) is 0 Å². The van der Waals surface area contributed by atoms with Gasteiger partial charge in [0.15, 0.2) is 11.4 Å². The minimum atomic E-state index is -0.189. The van der Waals surface area contributed by atoms with Crippen molar-refractivity contribution in [3.05, 3.63) is 23.8 Å². The van der Waals surface area contributed by atoms with E-state index in [9.17, 15) is 4.79 Å². The van der Waals surface area contributed by atoms with E-state index in [1.807, 2.05) is 0 Å². The molecule has 0 aliphatic rings. The van der Waals surface area contributed by atoms with E-state index in [2.05, 4.69) is 4.98 Å². The van der Waals surface area contributed by atoms with Crippen molar-refractivity contribution in [1.29, 1.82) is 0 Å². The number of alkyl halides is 1. The van der Waals surface area contributed by atoms with Crippen LogP contribution in [-0.2, 0) is 0 Å². The van der Waals surface area contributed by atoms with Crippen LogP contribution in [0.15, 0.2) is 22.6 Å². The second-order valence-electron chi connectivity index (χ2n) is 2.76. The van der Waals surface area contributed by atoms with Gasteiger partial charge >= 0.3 is 0 Å². The van der Waals surface area contributed by atoms with Gasteiger partial charge in [0.1, 0.15) is 5.52 Å². The zero-order valence-electron chi connectivity index (χ0n) is 7.16. The third-order valence-corrected chi connectivity index (χ3v) is 2.10. The Labute approximate surface area is 84.7 Å². The summed E-state index contributed by atoms with van der Waals surface area (Å²) in [5.74, 6) is -0.267. The third kappa shape index (κ3) is 1.33. The Morgan fingerprint density at radius 1 is 1.57 bits per heavy atom. The number of hydrogen-bond donors (Lipinski definition) is 1. The molecule has 72 valence electrons. The number of anilines is 1. The average molecular weight is 211 g/mol. The molecule has 0 aliphatic carbocycles. The second-order valence-corrected chi connectivity index (χ2v) is 3.03. The number of aromatic nitrogens is 1. The molecule has 2 rings (SSSR count). The molecule has 0 atom stereocenters. The summed E-state index contributed by atoms with van der Waals surface area (Å²) in [4.78, 5) is 15.3. The normalized spacial score (nSPS) is 10.6. The maximum Gasteiger partial charge on any atom is 0.293 e. The molecule has 0 saturated carbocycles. The molecular weight excluding hydrogens is 204 g/mol. The van der Waals surface area contributed by atoms with Gasteiger partial charge < -0.3 is 10.2 Å². The largest absolute Gasteiger partial charge is 0.424 e. The number of halogens is 1. The van der Waals surface area contributed by atoms with Gasteiger partial charge in [0.2, 0.25) is 0 Å². The lowest BCUT2D eigenvalue weighted by Crippen LogP contribution is -2.00. The molecule has 2 aromatic rings.